The number of carbonyl (C=O) groups is 4. The van der Waals surface area contributed by atoms with Gasteiger partial charge in [-0.1, -0.05) is 13.3 Å². The van der Waals surface area contributed by atoms with Gasteiger partial charge in [-0.2, -0.15) is 0 Å². The van der Waals surface area contributed by atoms with Crippen LogP contribution in [0, 0.1) is 29.6 Å². The van der Waals surface area contributed by atoms with Gasteiger partial charge >= 0.3 is 23.9 Å². The minimum absolute atomic E-state index is 0.0365. The topological polar surface area (TPSA) is 149 Å². The lowest BCUT2D eigenvalue weighted by atomic mass is 9.78. The molecule has 3 unspecified atom stereocenters. The largest absolute Gasteiger partial charge is 0.481 e. The molecule has 4 N–H and O–H groups in total. The summed E-state index contributed by atoms with van der Waals surface area (Å²) in [6.07, 6.45) is 1.07. The molecule has 0 aromatic heterocycles. The van der Waals surface area contributed by atoms with Gasteiger partial charge in [0.15, 0.2) is 11.8 Å². The van der Waals surface area contributed by atoms with E-state index in [0.717, 1.165) is 0 Å². The molecule has 0 aromatic carbocycles. The molecule has 8 heteroatoms. The molecule has 0 bridgehead atoms. The van der Waals surface area contributed by atoms with Crippen LogP contribution in [-0.4, -0.2) is 44.3 Å². The van der Waals surface area contributed by atoms with Crippen LogP contribution >= 0.6 is 0 Å². The fourth-order valence-electron chi connectivity index (χ4n) is 3.28. The predicted molar refractivity (Wildman–Crippen MR) is 72.1 cm³/mol. The zero-order valence-corrected chi connectivity index (χ0v) is 12.1. The highest BCUT2D eigenvalue weighted by molar-refractivity contribution is 5.93. The van der Waals surface area contributed by atoms with E-state index in [2.05, 4.69) is 0 Å². The van der Waals surface area contributed by atoms with Gasteiger partial charge in [0, 0.05) is 0 Å². The van der Waals surface area contributed by atoms with Crippen molar-refractivity contribution >= 4 is 23.9 Å². The van der Waals surface area contributed by atoms with Gasteiger partial charge < -0.3 is 20.4 Å². The summed E-state index contributed by atoms with van der Waals surface area (Å²) in [5.74, 6) is -9.40. The first-order valence-corrected chi connectivity index (χ1v) is 7.06. The van der Waals surface area contributed by atoms with Gasteiger partial charge in [-0.15, -0.1) is 0 Å². The Labute approximate surface area is 126 Å². The summed E-state index contributed by atoms with van der Waals surface area (Å²) in [4.78, 5) is 44.0. The first kappa shape index (κ1) is 17.9. The molecule has 0 saturated heterocycles. The lowest BCUT2D eigenvalue weighted by Crippen LogP contribution is -2.31. The standard InChI is InChI=1S/C14H20O8/c1-6-2-3-7(4-9(11(15)16)12(17)18)8(6)5-10(13(19)20)14(21)22/h6-10H,2-5H2,1H3,(H,15,16)(H,17,18)(H,19,20)(H,21,22). The van der Waals surface area contributed by atoms with Crippen molar-refractivity contribution in [2.45, 2.75) is 32.6 Å². The molecular weight excluding hydrogens is 296 g/mol. The number of carboxylic acids is 4. The van der Waals surface area contributed by atoms with Crippen molar-refractivity contribution in [1.29, 1.82) is 0 Å². The number of aliphatic carboxylic acids is 4. The Morgan fingerprint density at radius 1 is 0.818 bits per heavy atom. The highest BCUT2D eigenvalue weighted by Gasteiger charge is 2.41. The van der Waals surface area contributed by atoms with Crippen LogP contribution in [0.1, 0.15) is 32.6 Å². The second-order valence-electron chi connectivity index (χ2n) is 5.91. The van der Waals surface area contributed by atoms with E-state index < -0.39 is 35.7 Å². The van der Waals surface area contributed by atoms with E-state index >= 15 is 0 Å². The molecule has 0 amide bonds. The molecule has 0 aromatic rings. The summed E-state index contributed by atoms with van der Waals surface area (Å²) >= 11 is 0. The Morgan fingerprint density at radius 3 is 1.64 bits per heavy atom. The van der Waals surface area contributed by atoms with Crippen molar-refractivity contribution < 1.29 is 39.6 Å². The fourth-order valence-corrected chi connectivity index (χ4v) is 3.28. The second-order valence-corrected chi connectivity index (χ2v) is 5.91. The lowest BCUT2D eigenvalue weighted by molar-refractivity contribution is -0.158. The first-order valence-electron chi connectivity index (χ1n) is 7.06. The van der Waals surface area contributed by atoms with Crippen LogP contribution in [0.15, 0.2) is 0 Å². The Bertz CT molecular complexity index is 443. The van der Waals surface area contributed by atoms with Gasteiger partial charge in [0.25, 0.3) is 0 Å². The number of carboxylic acid groups (broad SMARTS) is 4. The lowest BCUT2D eigenvalue weighted by Gasteiger charge is -2.25. The van der Waals surface area contributed by atoms with E-state index in [9.17, 15) is 19.2 Å². The summed E-state index contributed by atoms with van der Waals surface area (Å²) in [7, 11) is 0. The third-order valence-corrected chi connectivity index (χ3v) is 4.57. The zero-order valence-electron chi connectivity index (χ0n) is 12.1. The molecule has 22 heavy (non-hydrogen) atoms. The van der Waals surface area contributed by atoms with Crippen LogP contribution in [0.3, 0.4) is 0 Å². The SMILES string of the molecule is CC1CCC(CC(C(=O)O)C(=O)O)C1CC(C(=O)O)C(=O)O. The van der Waals surface area contributed by atoms with Crippen LogP contribution < -0.4 is 0 Å². The Hall–Kier alpha value is -2.12. The molecular formula is C14H20O8. The molecule has 124 valence electrons. The monoisotopic (exact) mass is 316 g/mol. The summed E-state index contributed by atoms with van der Waals surface area (Å²) in [6.45, 7) is 1.85. The normalized spacial score (nSPS) is 24.6. The van der Waals surface area contributed by atoms with Gasteiger partial charge in [0.05, 0.1) is 0 Å². The van der Waals surface area contributed by atoms with Crippen LogP contribution in [0.5, 0.6) is 0 Å². The molecule has 1 rings (SSSR count). The molecule has 1 aliphatic carbocycles. The van der Waals surface area contributed by atoms with Gasteiger partial charge in [-0.25, -0.2) is 0 Å². The minimum Gasteiger partial charge on any atom is -0.481 e. The fraction of sp³-hybridized carbons (Fsp3) is 0.714. The van der Waals surface area contributed by atoms with Crippen molar-refractivity contribution in [3.05, 3.63) is 0 Å². The van der Waals surface area contributed by atoms with Crippen LogP contribution in [-0.2, 0) is 19.2 Å². The maximum absolute atomic E-state index is 11.0. The summed E-state index contributed by atoms with van der Waals surface area (Å²) in [5, 5.41) is 35.8. The summed E-state index contributed by atoms with van der Waals surface area (Å²) in [6, 6.07) is 0. The molecule has 8 nitrogen and oxygen atoms in total. The second kappa shape index (κ2) is 7.24. The van der Waals surface area contributed by atoms with E-state index in [0.29, 0.717) is 12.8 Å². The summed E-state index contributed by atoms with van der Waals surface area (Å²) < 4.78 is 0. The molecule has 3 atom stereocenters. The Morgan fingerprint density at radius 2 is 1.23 bits per heavy atom. The van der Waals surface area contributed by atoms with Crippen molar-refractivity contribution in [2.75, 3.05) is 0 Å². The number of hydrogen-bond donors (Lipinski definition) is 4. The van der Waals surface area contributed by atoms with Crippen molar-refractivity contribution in [1.82, 2.24) is 0 Å². The molecule has 0 heterocycles. The summed E-state index contributed by atoms with van der Waals surface area (Å²) in [5.41, 5.74) is 0. The average Bonchev–Trinajstić information content (AvgIpc) is 2.72. The van der Waals surface area contributed by atoms with E-state index in [1.54, 1.807) is 0 Å². The molecule has 0 radical (unpaired) electrons. The number of hydrogen-bond acceptors (Lipinski definition) is 4. The van der Waals surface area contributed by atoms with Gasteiger partial charge in [0.2, 0.25) is 0 Å². The highest BCUT2D eigenvalue weighted by atomic mass is 16.4. The van der Waals surface area contributed by atoms with Gasteiger partial charge in [-0.05, 0) is 37.0 Å². The minimum atomic E-state index is -1.55. The van der Waals surface area contributed by atoms with E-state index in [1.807, 2.05) is 6.92 Å². The molecule has 1 aliphatic rings. The van der Waals surface area contributed by atoms with Crippen molar-refractivity contribution in [2.24, 2.45) is 29.6 Å². The van der Waals surface area contributed by atoms with E-state index in [1.165, 1.54) is 0 Å². The third-order valence-electron chi connectivity index (χ3n) is 4.57. The quantitative estimate of drug-likeness (QED) is 0.484. The third kappa shape index (κ3) is 4.19. The van der Waals surface area contributed by atoms with Crippen molar-refractivity contribution in [3.8, 4) is 0 Å². The Kier molecular flexibility index (Phi) is 5.90. The van der Waals surface area contributed by atoms with E-state index in [4.69, 9.17) is 20.4 Å². The van der Waals surface area contributed by atoms with Gasteiger partial charge in [0.1, 0.15) is 0 Å². The van der Waals surface area contributed by atoms with Crippen LogP contribution in [0.2, 0.25) is 0 Å². The highest BCUT2D eigenvalue weighted by Crippen LogP contribution is 2.43. The molecule has 0 aliphatic heterocycles. The maximum atomic E-state index is 11.0. The molecule has 1 fully saturated rings. The predicted octanol–water partition coefficient (Wildman–Crippen LogP) is 1.000. The van der Waals surface area contributed by atoms with Crippen LogP contribution in [0.25, 0.3) is 0 Å². The van der Waals surface area contributed by atoms with E-state index in [-0.39, 0.29) is 30.6 Å². The molecule has 0 spiro atoms. The maximum Gasteiger partial charge on any atom is 0.317 e. The Balaban J connectivity index is 2.86. The zero-order chi connectivity index (χ0) is 17.0. The van der Waals surface area contributed by atoms with Crippen molar-refractivity contribution in [3.63, 3.8) is 0 Å². The number of rotatable bonds is 8. The van der Waals surface area contributed by atoms with Crippen LogP contribution in [0.4, 0.5) is 0 Å². The molecule has 1 saturated carbocycles. The first-order chi connectivity index (χ1) is 10.1. The smallest absolute Gasteiger partial charge is 0.317 e. The average molecular weight is 316 g/mol. The van der Waals surface area contributed by atoms with Gasteiger partial charge in [-0.3, -0.25) is 19.2 Å².